The molecule has 0 aromatic heterocycles. The fourth-order valence-electron chi connectivity index (χ4n) is 4.64. The Morgan fingerprint density at radius 2 is 2.03 bits per heavy atom. The zero-order chi connectivity index (χ0) is 21.3. The van der Waals surface area contributed by atoms with Crippen LogP contribution in [0.5, 0.6) is 0 Å². The van der Waals surface area contributed by atoms with Crippen molar-refractivity contribution in [3.8, 4) is 0 Å². The lowest BCUT2D eigenvalue weighted by Crippen LogP contribution is -2.34. The number of urea groups is 1. The van der Waals surface area contributed by atoms with E-state index in [1.807, 2.05) is 0 Å². The number of carbonyl (C=O) groups is 4. The molecule has 0 unspecified atom stereocenters. The van der Waals surface area contributed by atoms with E-state index in [9.17, 15) is 19.2 Å². The molecule has 1 heterocycles. The highest BCUT2D eigenvalue weighted by Gasteiger charge is 2.39. The van der Waals surface area contributed by atoms with Crippen LogP contribution in [0.3, 0.4) is 0 Å². The topological polar surface area (TPSA) is 108 Å². The van der Waals surface area contributed by atoms with E-state index in [1.165, 1.54) is 13.3 Å². The highest BCUT2D eigenvalue weighted by atomic mass is 16.2. The largest absolute Gasteiger partial charge is 0.356 e. The number of anilines is 2. The molecule has 3 aliphatic rings. The van der Waals surface area contributed by atoms with Gasteiger partial charge in [-0.3, -0.25) is 14.4 Å². The predicted octanol–water partition coefficient (Wildman–Crippen LogP) is 2.18. The number of nitrogens with one attached hydrogen (secondary N) is 3. The maximum atomic E-state index is 12.7. The smallest absolute Gasteiger partial charge is 0.329 e. The Morgan fingerprint density at radius 3 is 2.73 bits per heavy atom. The minimum absolute atomic E-state index is 0.102. The fraction of sp³-hybridized carbons (Fsp3) is 0.455. The molecule has 1 saturated heterocycles. The molecule has 2 fully saturated rings. The van der Waals surface area contributed by atoms with Crippen LogP contribution in [-0.2, 0) is 14.4 Å². The number of carbonyl (C=O) groups excluding carboxylic acids is 4. The van der Waals surface area contributed by atoms with Gasteiger partial charge in [-0.1, -0.05) is 18.2 Å². The Hall–Kier alpha value is -3.16. The Balaban J connectivity index is 1.29. The minimum atomic E-state index is -0.738. The molecule has 2 aliphatic carbocycles. The summed E-state index contributed by atoms with van der Waals surface area (Å²) in [6.07, 6.45) is 7.28. The Bertz CT molecular complexity index is 912. The Morgan fingerprint density at radius 1 is 1.20 bits per heavy atom. The van der Waals surface area contributed by atoms with Gasteiger partial charge in [0.15, 0.2) is 0 Å². The molecular weight excluding hydrogens is 384 g/mol. The quantitative estimate of drug-likeness (QED) is 0.473. The van der Waals surface area contributed by atoms with Crippen LogP contribution in [0.4, 0.5) is 16.2 Å². The fourth-order valence-corrected chi connectivity index (χ4v) is 4.64. The third kappa shape index (κ3) is 4.22. The van der Waals surface area contributed by atoms with Gasteiger partial charge in [0.2, 0.25) is 11.8 Å². The Kier molecular flexibility index (Phi) is 5.57. The van der Waals surface area contributed by atoms with Crippen molar-refractivity contribution in [2.75, 3.05) is 16.8 Å². The molecule has 1 aromatic carbocycles. The molecule has 2 bridgehead atoms. The van der Waals surface area contributed by atoms with Crippen molar-refractivity contribution < 1.29 is 19.2 Å². The molecule has 8 heteroatoms. The van der Waals surface area contributed by atoms with E-state index < -0.39 is 18.0 Å². The number of nitrogens with zero attached hydrogens (tertiary/aromatic N) is 1. The number of rotatable bonds is 7. The van der Waals surface area contributed by atoms with Crippen molar-refractivity contribution in [1.82, 2.24) is 10.6 Å². The molecular formula is C22H26N4O4. The summed E-state index contributed by atoms with van der Waals surface area (Å²) >= 11 is 0. The van der Waals surface area contributed by atoms with Gasteiger partial charge in [-0.05, 0) is 55.2 Å². The number of allylic oxidation sites excluding steroid dienone is 2. The highest BCUT2D eigenvalue weighted by molar-refractivity contribution is 6.21. The third-order valence-electron chi connectivity index (χ3n) is 6.08. The van der Waals surface area contributed by atoms with E-state index in [0.29, 0.717) is 35.7 Å². The first-order valence-corrected chi connectivity index (χ1v) is 10.4. The summed E-state index contributed by atoms with van der Waals surface area (Å²) in [6.45, 7) is 2.05. The average Bonchev–Trinajstić information content (AvgIpc) is 3.39. The van der Waals surface area contributed by atoms with Crippen LogP contribution in [0, 0.1) is 17.8 Å². The van der Waals surface area contributed by atoms with E-state index in [1.54, 1.807) is 24.3 Å². The lowest BCUT2D eigenvalue weighted by atomic mass is 9.93. The second kappa shape index (κ2) is 8.30. The molecule has 4 atom stereocenters. The highest BCUT2D eigenvalue weighted by Crippen LogP contribution is 2.42. The first-order chi connectivity index (χ1) is 14.4. The molecule has 158 valence electrons. The van der Waals surface area contributed by atoms with Crippen LogP contribution in [0.25, 0.3) is 0 Å². The van der Waals surface area contributed by atoms with Gasteiger partial charge in [0, 0.05) is 25.6 Å². The van der Waals surface area contributed by atoms with E-state index in [-0.39, 0.29) is 24.7 Å². The third-order valence-corrected chi connectivity index (χ3v) is 6.08. The monoisotopic (exact) mass is 410 g/mol. The zero-order valence-electron chi connectivity index (χ0n) is 16.9. The van der Waals surface area contributed by atoms with E-state index in [4.69, 9.17) is 0 Å². The lowest BCUT2D eigenvalue weighted by molar-refractivity contribution is -0.122. The molecule has 30 heavy (non-hydrogen) atoms. The summed E-state index contributed by atoms with van der Waals surface area (Å²) in [5.41, 5.74) is 0.874. The average molecular weight is 410 g/mol. The summed E-state index contributed by atoms with van der Waals surface area (Å²) in [5, 5.41) is 8.26. The van der Waals surface area contributed by atoms with Gasteiger partial charge in [0.25, 0.3) is 5.91 Å². The molecule has 1 aliphatic heterocycles. The molecule has 0 spiro atoms. The number of benzene rings is 1. The number of imide groups is 1. The van der Waals surface area contributed by atoms with Gasteiger partial charge in [0.05, 0.1) is 5.69 Å². The SMILES string of the molecule is CC(=O)Nc1cccc(N2C(=O)N[C@H](CCC(=O)NC[C@@H]3C[C@H]4C=C[C@H]3C4)C2=O)c1. The van der Waals surface area contributed by atoms with Crippen molar-refractivity contribution in [3.63, 3.8) is 0 Å². The summed E-state index contributed by atoms with van der Waals surface area (Å²) in [7, 11) is 0. The van der Waals surface area contributed by atoms with Crippen molar-refractivity contribution in [2.24, 2.45) is 17.8 Å². The normalized spacial score (nSPS) is 26.8. The van der Waals surface area contributed by atoms with Gasteiger partial charge in [-0.2, -0.15) is 0 Å². The van der Waals surface area contributed by atoms with Crippen LogP contribution in [0.2, 0.25) is 0 Å². The molecule has 8 nitrogen and oxygen atoms in total. The van der Waals surface area contributed by atoms with Crippen molar-refractivity contribution in [3.05, 3.63) is 36.4 Å². The molecule has 5 amide bonds. The van der Waals surface area contributed by atoms with Crippen LogP contribution < -0.4 is 20.9 Å². The first-order valence-electron chi connectivity index (χ1n) is 10.4. The summed E-state index contributed by atoms with van der Waals surface area (Å²) < 4.78 is 0. The van der Waals surface area contributed by atoms with Gasteiger partial charge >= 0.3 is 6.03 Å². The molecule has 1 aromatic rings. The molecule has 3 N–H and O–H groups in total. The van der Waals surface area contributed by atoms with Crippen LogP contribution in [0.1, 0.15) is 32.6 Å². The number of fused-ring (bicyclic) bond motifs is 2. The zero-order valence-corrected chi connectivity index (χ0v) is 16.9. The summed E-state index contributed by atoms with van der Waals surface area (Å²) in [5.74, 6) is 1.00. The second-order valence-electron chi connectivity index (χ2n) is 8.29. The van der Waals surface area contributed by atoms with Crippen LogP contribution in [-0.4, -0.2) is 36.3 Å². The van der Waals surface area contributed by atoms with Gasteiger partial charge in [-0.25, -0.2) is 9.69 Å². The number of hydrogen-bond donors (Lipinski definition) is 3. The van der Waals surface area contributed by atoms with Gasteiger partial charge in [-0.15, -0.1) is 0 Å². The van der Waals surface area contributed by atoms with Gasteiger partial charge in [0.1, 0.15) is 6.04 Å². The van der Waals surface area contributed by atoms with Crippen molar-refractivity contribution >= 4 is 35.1 Å². The maximum absolute atomic E-state index is 12.7. The van der Waals surface area contributed by atoms with Crippen molar-refractivity contribution in [1.29, 1.82) is 0 Å². The minimum Gasteiger partial charge on any atom is -0.356 e. The van der Waals surface area contributed by atoms with Crippen LogP contribution >= 0.6 is 0 Å². The van der Waals surface area contributed by atoms with E-state index in [2.05, 4.69) is 28.1 Å². The first kappa shape index (κ1) is 20.1. The van der Waals surface area contributed by atoms with Crippen LogP contribution in [0.15, 0.2) is 36.4 Å². The van der Waals surface area contributed by atoms with E-state index in [0.717, 1.165) is 11.3 Å². The van der Waals surface area contributed by atoms with E-state index >= 15 is 0 Å². The predicted molar refractivity (Wildman–Crippen MR) is 112 cm³/mol. The maximum Gasteiger partial charge on any atom is 0.329 e. The number of hydrogen-bond acceptors (Lipinski definition) is 4. The Labute approximate surface area is 175 Å². The lowest BCUT2D eigenvalue weighted by Gasteiger charge is -2.18. The second-order valence-corrected chi connectivity index (χ2v) is 8.29. The summed E-state index contributed by atoms with van der Waals surface area (Å²) in [6, 6.07) is 5.26. The standard InChI is InChI=1S/C22H26N4O4/c1-13(27)24-17-3-2-4-18(11-17)26-21(29)19(25-22(26)30)7-8-20(28)23-12-16-10-14-5-6-15(16)9-14/h2-6,11,14-16,19H,7-10,12H2,1H3,(H,23,28)(H,24,27)(H,25,30)/t14-,15-,16-,19+/m0/s1. The molecule has 0 radical (unpaired) electrons. The molecule has 1 saturated carbocycles. The summed E-state index contributed by atoms with van der Waals surface area (Å²) in [4.78, 5) is 49.6. The molecule has 4 rings (SSSR count). The number of amides is 5. The van der Waals surface area contributed by atoms with Gasteiger partial charge < -0.3 is 16.0 Å². The van der Waals surface area contributed by atoms with Crippen molar-refractivity contribution in [2.45, 2.75) is 38.6 Å².